The number of nitrogens with one attached hydrogen (secondary N) is 1. The molecule has 1 fully saturated rings. The molecule has 144 valence electrons. The normalized spacial score (nSPS) is 14.3. The molecule has 1 N–H and O–H groups in total. The van der Waals surface area contributed by atoms with E-state index in [1.54, 1.807) is 13.2 Å². The van der Waals surface area contributed by atoms with Gasteiger partial charge in [-0.25, -0.2) is 0 Å². The highest BCUT2D eigenvalue weighted by Crippen LogP contribution is 2.29. The van der Waals surface area contributed by atoms with Gasteiger partial charge in [-0.05, 0) is 67.5 Å². The highest BCUT2D eigenvalue weighted by Gasteiger charge is 2.20. The van der Waals surface area contributed by atoms with E-state index in [-0.39, 0.29) is 0 Å². The Bertz CT molecular complexity index is 831. The summed E-state index contributed by atoms with van der Waals surface area (Å²) in [6, 6.07) is 9.74. The third-order valence-electron chi connectivity index (χ3n) is 4.84. The van der Waals surface area contributed by atoms with Crippen molar-refractivity contribution in [2.45, 2.75) is 13.8 Å². The molecular formula is C20H23Cl2N3OS. The number of benzene rings is 2. The third-order valence-corrected chi connectivity index (χ3v) is 5.63. The second-order valence-corrected chi connectivity index (χ2v) is 7.93. The second kappa shape index (κ2) is 8.55. The quantitative estimate of drug-likeness (QED) is 0.689. The lowest BCUT2D eigenvalue weighted by molar-refractivity contribution is 0.390. The fraction of sp³-hybridized carbons (Fsp3) is 0.350. The van der Waals surface area contributed by atoms with Crippen LogP contribution < -0.4 is 15.0 Å². The van der Waals surface area contributed by atoms with E-state index in [0.29, 0.717) is 15.2 Å². The standard InChI is InChI=1S/C20H23Cl2N3OS/c1-13-8-18(19(26-3)9-14(13)2)23-20(27)25-6-4-24(5-7-25)17-11-15(21)10-16(22)12-17/h8-12H,4-7H2,1-3H3,(H,23,27). The minimum atomic E-state index is 0.652. The van der Waals surface area contributed by atoms with Gasteiger partial charge in [0.05, 0.1) is 12.8 Å². The average molecular weight is 424 g/mol. The fourth-order valence-corrected chi connectivity index (χ4v) is 3.95. The monoisotopic (exact) mass is 423 g/mol. The van der Waals surface area contributed by atoms with Crippen LogP contribution in [0.4, 0.5) is 11.4 Å². The molecule has 1 heterocycles. The predicted molar refractivity (Wildman–Crippen MR) is 119 cm³/mol. The Morgan fingerprint density at radius 3 is 2.15 bits per heavy atom. The maximum absolute atomic E-state index is 6.13. The van der Waals surface area contributed by atoms with E-state index in [4.69, 9.17) is 40.2 Å². The molecule has 0 saturated carbocycles. The first-order valence-electron chi connectivity index (χ1n) is 8.79. The number of thiocarbonyl (C=S) groups is 1. The Labute approximate surface area is 176 Å². The van der Waals surface area contributed by atoms with Crippen LogP contribution in [0.5, 0.6) is 5.75 Å². The predicted octanol–water partition coefficient (Wildman–Crippen LogP) is 5.14. The number of methoxy groups -OCH3 is 1. The molecule has 0 atom stereocenters. The molecule has 1 aliphatic heterocycles. The molecule has 3 rings (SSSR count). The van der Waals surface area contributed by atoms with Crippen LogP contribution in [-0.4, -0.2) is 43.3 Å². The number of aryl methyl sites for hydroxylation is 2. The summed E-state index contributed by atoms with van der Waals surface area (Å²) in [6.45, 7) is 7.50. The van der Waals surface area contributed by atoms with Crippen molar-refractivity contribution in [2.75, 3.05) is 43.5 Å². The van der Waals surface area contributed by atoms with Gasteiger partial charge >= 0.3 is 0 Å². The number of ether oxygens (including phenoxy) is 1. The lowest BCUT2D eigenvalue weighted by Gasteiger charge is -2.37. The number of hydrogen-bond donors (Lipinski definition) is 1. The molecule has 0 amide bonds. The van der Waals surface area contributed by atoms with Crippen molar-refractivity contribution in [3.63, 3.8) is 0 Å². The third kappa shape index (κ3) is 4.78. The summed E-state index contributed by atoms with van der Waals surface area (Å²) in [4.78, 5) is 4.44. The second-order valence-electron chi connectivity index (χ2n) is 6.67. The van der Waals surface area contributed by atoms with Gasteiger partial charge in [0.15, 0.2) is 5.11 Å². The van der Waals surface area contributed by atoms with Crippen LogP contribution in [0.15, 0.2) is 30.3 Å². The zero-order chi connectivity index (χ0) is 19.6. The van der Waals surface area contributed by atoms with Gasteiger partial charge in [0.25, 0.3) is 0 Å². The van der Waals surface area contributed by atoms with Gasteiger partial charge < -0.3 is 19.9 Å². The maximum Gasteiger partial charge on any atom is 0.173 e. The van der Waals surface area contributed by atoms with E-state index in [0.717, 1.165) is 43.3 Å². The zero-order valence-electron chi connectivity index (χ0n) is 15.7. The lowest BCUT2D eigenvalue weighted by atomic mass is 10.1. The highest BCUT2D eigenvalue weighted by molar-refractivity contribution is 7.80. The van der Waals surface area contributed by atoms with Gasteiger partial charge in [0, 0.05) is 41.9 Å². The summed E-state index contributed by atoms with van der Waals surface area (Å²) in [5.74, 6) is 0.799. The number of rotatable bonds is 3. The summed E-state index contributed by atoms with van der Waals surface area (Å²) in [7, 11) is 1.67. The van der Waals surface area contributed by atoms with E-state index < -0.39 is 0 Å². The summed E-state index contributed by atoms with van der Waals surface area (Å²) >= 11 is 17.9. The zero-order valence-corrected chi connectivity index (χ0v) is 18.0. The van der Waals surface area contributed by atoms with Crippen molar-refractivity contribution >= 4 is 51.9 Å². The van der Waals surface area contributed by atoms with Crippen molar-refractivity contribution in [1.29, 1.82) is 0 Å². The number of nitrogens with zero attached hydrogens (tertiary/aromatic N) is 2. The molecule has 0 spiro atoms. The van der Waals surface area contributed by atoms with Crippen molar-refractivity contribution in [3.05, 3.63) is 51.5 Å². The molecule has 4 nitrogen and oxygen atoms in total. The van der Waals surface area contributed by atoms with Crippen LogP contribution in [0.2, 0.25) is 10.0 Å². The van der Waals surface area contributed by atoms with Gasteiger partial charge in [-0.3, -0.25) is 0 Å². The van der Waals surface area contributed by atoms with Gasteiger partial charge in [-0.1, -0.05) is 23.2 Å². The minimum Gasteiger partial charge on any atom is -0.495 e. The van der Waals surface area contributed by atoms with E-state index >= 15 is 0 Å². The van der Waals surface area contributed by atoms with Crippen LogP contribution in [0.1, 0.15) is 11.1 Å². The molecule has 0 radical (unpaired) electrons. The largest absolute Gasteiger partial charge is 0.495 e. The number of anilines is 2. The molecule has 1 aliphatic rings. The minimum absolute atomic E-state index is 0.652. The van der Waals surface area contributed by atoms with E-state index in [1.165, 1.54) is 11.1 Å². The van der Waals surface area contributed by atoms with Crippen LogP contribution in [0, 0.1) is 13.8 Å². The number of piperazine rings is 1. The van der Waals surface area contributed by atoms with Crippen molar-refractivity contribution in [1.82, 2.24) is 4.90 Å². The molecule has 1 saturated heterocycles. The van der Waals surface area contributed by atoms with Crippen LogP contribution in [0.25, 0.3) is 0 Å². The van der Waals surface area contributed by atoms with E-state index in [2.05, 4.69) is 35.0 Å². The molecule has 0 unspecified atom stereocenters. The molecule has 0 aliphatic carbocycles. The SMILES string of the molecule is COc1cc(C)c(C)cc1NC(=S)N1CCN(c2cc(Cl)cc(Cl)c2)CC1. The van der Waals surface area contributed by atoms with Gasteiger partial charge in [-0.15, -0.1) is 0 Å². The fourth-order valence-electron chi connectivity index (χ4n) is 3.14. The smallest absolute Gasteiger partial charge is 0.173 e. The van der Waals surface area contributed by atoms with Gasteiger partial charge in [0.2, 0.25) is 0 Å². The molecular weight excluding hydrogens is 401 g/mol. The van der Waals surface area contributed by atoms with Crippen molar-refractivity contribution in [2.24, 2.45) is 0 Å². The highest BCUT2D eigenvalue weighted by atomic mass is 35.5. The Kier molecular flexibility index (Phi) is 6.35. The maximum atomic E-state index is 6.13. The van der Waals surface area contributed by atoms with Crippen molar-refractivity contribution in [3.8, 4) is 5.75 Å². The average Bonchev–Trinajstić information content (AvgIpc) is 2.63. The van der Waals surface area contributed by atoms with Gasteiger partial charge in [-0.2, -0.15) is 0 Å². The first-order chi connectivity index (χ1) is 12.9. The van der Waals surface area contributed by atoms with Crippen LogP contribution >= 0.6 is 35.4 Å². The summed E-state index contributed by atoms with van der Waals surface area (Å²) in [5, 5.41) is 5.36. The Hall–Kier alpha value is -1.69. The van der Waals surface area contributed by atoms with E-state index in [9.17, 15) is 0 Å². The Balaban J connectivity index is 1.64. The lowest BCUT2D eigenvalue weighted by Crippen LogP contribution is -2.50. The summed E-state index contributed by atoms with van der Waals surface area (Å²) in [5.41, 5.74) is 4.33. The molecule has 0 aromatic heterocycles. The Morgan fingerprint density at radius 2 is 1.56 bits per heavy atom. The first-order valence-corrected chi connectivity index (χ1v) is 9.96. The summed E-state index contributed by atoms with van der Waals surface area (Å²) < 4.78 is 5.49. The molecule has 0 bridgehead atoms. The molecule has 2 aromatic carbocycles. The topological polar surface area (TPSA) is 27.7 Å². The Morgan fingerprint density at radius 1 is 0.963 bits per heavy atom. The van der Waals surface area contributed by atoms with Crippen LogP contribution in [-0.2, 0) is 0 Å². The summed E-state index contributed by atoms with van der Waals surface area (Å²) in [6.07, 6.45) is 0. The van der Waals surface area contributed by atoms with Crippen LogP contribution in [0.3, 0.4) is 0 Å². The molecule has 27 heavy (non-hydrogen) atoms. The molecule has 2 aromatic rings. The van der Waals surface area contributed by atoms with Gasteiger partial charge in [0.1, 0.15) is 5.75 Å². The molecule has 7 heteroatoms. The number of hydrogen-bond acceptors (Lipinski definition) is 3. The number of halogens is 2. The first kappa shape index (κ1) is 20.1. The van der Waals surface area contributed by atoms with E-state index in [1.807, 2.05) is 18.2 Å². The van der Waals surface area contributed by atoms with Crippen molar-refractivity contribution < 1.29 is 4.74 Å².